The Morgan fingerprint density at radius 3 is 2.48 bits per heavy atom. The fourth-order valence-electron chi connectivity index (χ4n) is 2.56. The van der Waals surface area contributed by atoms with E-state index in [0.717, 1.165) is 28.4 Å². The molecule has 3 aromatic rings. The predicted octanol–water partition coefficient (Wildman–Crippen LogP) is 3.35. The maximum absolute atomic E-state index is 12.2. The van der Waals surface area contributed by atoms with Crippen LogP contribution in [0.25, 0.3) is 11.1 Å². The maximum Gasteiger partial charge on any atom is 0.257 e. The van der Waals surface area contributed by atoms with Gasteiger partial charge in [-0.15, -0.1) is 0 Å². The van der Waals surface area contributed by atoms with E-state index in [2.05, 4.69) is 15.8 Å². The van der Waals surface area contributed by atoms with E-state index in [1.54, 1.807) is 12.1 Å². The van der Waals surface area contributed by atoms with Crippen molar-refractivity contribution in [2.45, 2.75) is 31.9 Å². The second-order valence-corrected chi connectivity index (χ2v) is 7.48. The number of rotatable bonds is 7. The first-order valence-corrected chi connectivity index (χ1v) is 10.1. The van der Waals surface area contributed by atoms with Crippen molar-refractivity contribution in [2.75, 3.05) is 5.75 Å². The van der Waals surface area contributed by atoms with Gasteiger partial charge >= 0.3 is 0 Å². The van der Waals surface area contributed by atoms with Crippen molar-refractivity contribution in [1.82, 2.24) is 15.8 Å². The zero-order valence-corrected chi connectivity index (χ0v) is 17.0. The lowest BCUT2D eigenvalue weighted by molar-refractivity contribution is -0.127. The lowest BCUT2D eigenvalue weighted by atomic mass is 10.0. The minimum atomic E-state index is -0.428. The number of hydrazine groups is 1. The van der Waals surface area contributed by atoms with E-state index >= 15 is 0 Å². The second kappa shape index (κ2) is 9.38. The van der Waals surface area contributed by atoms with E-state index in [1.807, 2.05) is 44.2 Å². The van der Waals surface area contributed by atoms with Crippen LogP contribution in [0.2, 0.25) is 0 Å². The third-order valence-electron chi connectivity index (χ3n) is 4.35. The molecule has 29 heavy (non-hydrogen) atoms. The Labute approximate surface area is 172 Å². The summed E-state index contributed by atoms with van der Waals surface area (Å²) in [4.78, 5) is 40.2. The van der Waals surface area contributed by atoms with E-state index < -0.39 is 11.8 Å². The van der Waals surface area contributed by atoms with Crippen LogP contribution in [0.3, 0.4) is 0 Å². The smallest absolute Gasteiger partial charge is 0.257 e. The highest BCUT2D eigenvalue weighted by Gasteiger charge is 2.12. The average Bonchev–Trinajstić information content (AvgIpc) is 3.14. The Balaban J connectivity index is 1.38. The van der Waals surface area contributed by atoms with Gasteiger partial charge in [0.2, 0.25) is 11.8 Å². The molecule has 7 nitrogen and oxygen atoms in total. The Hall–Kier alpha value is -3.13. The van der Waals surface area contributed by atoms with E-state index in [1.165, 1.54) is 0 Å². The molecule has 0 saturated carbocycles. The SMILES string of the molecule is Cc1ccc(C(=O)CCC(=O)NNC(=O)CSc2nc3ccccc3o2)cc1C. The van der Waals surface area contributed by atoms with Crippen molar-refractivity contribution in [2.24, 2.45) is 0 Å². The molecule has 0 aliphatic rings. The predicted molar refractivity (Wildman–Crippen MR) is 110 cm³/mol. The third kappa shape index (κ3) is 5.68. The number of para-hydroxylation sites is 2. The summed E-state index contributed by atoms with van der Waals surface area (Å²) in [5, 5.41) is 0.381. The number of ketones is 1. The summed E-state index contributed by atoms with van der Waals surface area (Å²) in [5.41, 5.74) is 8.74. The Morgan fingerprint density at radius 2 is 1.72 bits per heavy atom. The summed E-state index contributed by atoms with van der Waals surface area (Å²) in [7, 11) is 0. The molecule has 0 aliphatic heterocycles. The number of Topliss-reactive ketones (excluding diaryl/α,β-unsaturated/α-hetero) is 1. The topological polar surface area (TPSA) is 101 Å². The largest absolute Gasteiger partial charge is 0.431 e. The third-order valence-corrected chi connectivity index (χ3v) is 5.18. The Morgan fingerprint density at radius 1 is 0.966 bits per heavy atom. The zero-order chi connectivity index (χ0) is 20.8. The van der Waals surface area contributed by atoms with E-state index in [4.69, 9.17) is 4.42 Å². The number of nitrogens with one attached hydrogen (secondary N) is 2. The Kier molecular flexibility index (Phi) is 6.66. The molecule has 2 N–H and O–H groups in total. The summed E-state index contributed by atoms with van der Waals surface area (Å²) < 4.78 is 5.51. The van der Waals surface area contributed by atoms with Crippen LogP contribution in [0.1, 0.15) is 34.3 Å². The first-order chi connectivity index (χ1) is 13.9. The van der Waals surface area contributed by atoms with Gasteiger partial charge in [0.1, 0.15) is 5.52 Å². The van der Waals surface area contributed by atoms with Crippen LogP contribution in [0.5, 0.6) is 0 Å². The molecule has 0 aliphatic carbocycles. The van der Waals surface area contributed by atoms with E-state index in [-0.39, 0.29) is 24.4 Å². The van der Waals surface area contributed by atoms with Gasteiger partial charge < -0.3 is 4.42 Å². The molecule has 0 saturated heterocycles. The molecule has 0 atom stereocenters. The summed E-state index contributed by atoms with van der Waals surface area (Å²) in [5.74, 6) is -0.899. The molecule has 8 heteroatoms. The second-order valence-electron chi connectivity index (χ2n) is 6.55. The summed E-state index contributed by atoms with van der Waals surface area (Å²) in [6, 6.07) is 12.8. The number of benzene rings is 2. The van der Waals surface area contributed by atoms with Crippen LogP contribution in [0.4, 0.5) is 0 Å². The fourth-order valence-corrected chi connectivity index (χ4v) is 3.20. The number of hydrogen-bond acceptors (Lipinski definition) is 6. The van der Waals surface area contributed by atoms with Gasteiger partial charge in [-0.1, -0.05) is 36.0 Å². The Bertz CT molecular complexity index is 1030. The van der Waals surface area contributed by atoms with Crippen molar-refractivity contribution >= 4 is 40.5 Å². The van der Waals surface area contributed by atoms with Crippen molar-refractivity contribution in [3.63, 3.8) is 0 Å². The molecule has 2 amide bonds. The van der Waals surface area contributed by atoms with Crippen molar-refractivity contribution in [1.29, 1.82) is 0 Å². The molecule has 0 unspecified atom stereocenters. The van der Waals surface area contributed by atoms with E-state index in [9.17, 15) is 14.4 Å². The molecule has 3 rings (SSSR count). The average molecular weight is 411 g/mol. The van der Waals surface area contributed by atoms with Crippen molar-refractivity contribution in [3.8, 4) is 0 Å². The van der Waals surface area contributed by atoms with Gasteiger partial charge in [-0.05, 0) is 43.2 Å². The van der Waals surface area contributed by atoms with E-state index in [0.29, 0.717) is 16.4 Å². The number of aryl methyl sites for hydroxylation is 2. The normalized spacial score (nSPS) is 10.7. The number of carbonyl (C=O) groups excluding carboxylic acids is 3. The zero-order valence-electron chi connectivity index (χ0n) is 16.2. The molecular formula is C21H21N3O4S. The number of thioether (sulfide) groups is 1. The molecular weight excluding hydrogens is 390 g/mol. The highest BCUT2D eigenvalue weighted by atomic mass is 32.2. The summed E-state index contributed by atoms with van der Waals surface area (Å²) >= 11 is 1.13. The van der Waals surface area contributed by atoms with Crippen LogP contribution in [0, 0.1) is 13.8 Å². The molecule has 1 heterocycles. The van der Waals surface area contributed by atoms with Crippen LogP contribution in [-0.4, -0.2) is 28.3 Å². The van der Waals surface area contributed by atoms with Crippen LogP contribution in [-0.2, 0) is 9.59 Å². The van der Waals surface area contributed by atoms with Crippen LogP contribution >= 0.6 is 11.8 Å². The molecule has 0 fully saturated rings. The number of hydrogen-bond donors (Lipinski definition) is 2. The highest BCUT2D eigenvalue weighted by molar-refractivity contribution is 7.99. The fraction of sp³-hybridized carbons (Fsp3) is 0.238. The van der Waals surface area contributed by atoms with Gasteiger partial charge in [-0.25, -0.2) is 4.98 Å². The number of nitrogens with zero attached hydrogens (tertiary/aromatic N) is 1. The minimum absolute atomic E-state index is 0.00961. The van der Waals surface area contributed by atoms with Gasteiger partial charge in [0.15, 0.2) is 11.4 Å². The van der Waals surface area contributed by atoms with Gasteiger partial charge in [-0.2, -0.15) is 0 Å². The maximum atomic E-state index is 12.2. The van der Waals surface area contributed by atoms with Crippen molar-refractivity contribution < 1.29 is 18.8 Å². The van der Waals surface area contributed by atoms with Crippen LogP contribution < -0.4 is 10.9 Å². The number of fused-ring (bicyclic) bond motifs is 1. The lowest BCUT2D eigenvalue weighted by Crippen LogP contribution is -2.42. The number of carbonyl (C=O) groups is 3. The van der Waals surface area contributed by atoms with Gasteiger partial charge in [0.25, 0.3) is 5.22 Å². The first-order valence-electron chi connectivity index (χ1n) is 9.09. The van der Waals surface area contributed by atoms with Crippen molar-refractivity contribution in [3.05, 3.63) is 59.2 Å². The standard InChI is InChI=1S/C21H21N3O4S/c1-13-7-8-15(11-14(13)2)17(25)9-10-19(26)23-24-20(27)12-29-21-22-16-5-3-4-6-18(16)28-21/h3-8,11H,9-10,12H2,1-2H3,(H,23,26)(H,24,27). The number of amides is 2. The minimum Gasteiger partial charge on any atom is -0.431 e. The highest BCUT2D eigenvalue weighted by Crippen LogP contribution is 2.22. The summed E-state index contributed by atoms with van der Waals surface area (Å²) in [6.45, 7) is 3.91. The van der Waals surface area contributed by atoms with Crippen LogP contribution in [0.15, 0.2) is 52.1 Å². The molecule has 0 radical (unpaired) electrons. The van der Waals surface area contributed by atoms with Gasteiger partial charge in [0, 0.05) is 18.4 Å². The molecule has 150 valence electrons. The monoisotopic (exact) mass is 411 g/mol. The lowest BCUT2D eigenvalue weighted by Gasteiger charge is -2.07. The molecule has 1 aromatic heterocycles. The molecule has 0 spiro atoms. The van der Waals surface area contributed by atoms with Gasteiger partial charge in [0.05, 0.1) is 5.75 Å². The number of oxazole rings is 1. The molecule has 0 bridgehead atoms. The summed E-state index contributed by atoms with van der Waals surface area (Å²) in [6.07, 6.45) is 0.0617. The molecule has 2 aromatic carbocycles. The quantitative estimate of drug-likeness (QED) is 0.351. The number of aromatic nitrogens is 1. The first kappa shape index (κ1) is 20.6. The van der Waals surface area contributed by atoms with Gasteiger partial charge in [-0.3, -0.25) is 25.2 Å².